The molecule has 0 aliphatic rings. The van der Waals surface area contributed by atoms with E-state index in [0.717, 1.165) is 25.7 Å². The van der Waals surface area contributed by atoms with Crippen molar-refractivity contribution in [2.75, 3.05) is 18.4 Å². The van der Waals surface area contributed by atoms with Gasteiger partial charge in [-0.1, -0.05) is 18.9 Å². The number of benzene rings is 1. The molecule has 0 bridgehead atoms. The van der Waals surface area contributed by atoms with Crippen molar-refractivity contribution in [2.24, 2.45) is 11.5 Å². The predicted octanol–water partition coefficient (Wildman–Crippen LogP) is 0.749. The number of rotatable bonds is 10. The molecule has 126 valence electrons. The number of nitrogens with one attached hydrogen (secondary N) is 2. The Morgan fingerprint density at radius 1 is 1.04 bits per heavy atom. The van der Waals surface area contributed by atoms with Crippen molar-refractivity contribution < 1.29 is 14.4 Å². The molecule has 1 aromatic rings. The topological polar surface area (TPSA) is 127 Å². The van der Waals surface area contributed by atoms with Gasteiger partial charge in [0.05, 0.1) is 6.54 Å². The Labute approximate surface area is 135 Å². The fourth-order valence-electron chi connectivity index (χ4n) is 2.01. The van der Waals surface area contributed by atoms with Crippen LogP contribution in [0.2, 0.25) is 0 Å². The smallest absolute Gasteiger partial charge is 0.251 e. The SMILES string of the molecule is NCCCCCCC(=O)Nc1cccc(C(=O)NCC(N)=O)c1. The highest BCUT2D eigenvalue weighted by atomic mass is 16.2. The molecule has 0 unspecified atom stereocenters. The molecule has 0 spiro atoms. The molecule has 0 saturated heterocycles. The fourth-order valence-corrected chi connectivity index (χ4v) is 2.01. The first-order valence-electron chi connectivity index (χ1n) is 7.69. The third-order valence-corrected chi connectivity index (χ3v) is 3.19. The molecule has 1 rings (SSSR count). The fraction of sp³-hybridized carbons (Fsp3) is 0.438. The molecule has 3 amide bonds. The number of carbonyl (C=O) groups excluding carboxylic acids is 3. The minimum atomic E-state index is -0.613. The highest BCUT2D eigenvalue weighted by molar-refractivity contribution is 5.98. The van der Waals surface area contributed by atoms with E-state index in [4.69, 9.17) is 11.5 Å². The number of anilines is 1. The number of unbranched alkanes of at least 4 members (excludes halogenated alkanes) is 3. The average molecular weight is 320 g/mol. The summed E-state index contributed by atoms with van der Waals surface area (Å²) in [7, 11) is 0. The van der Waals surface area contributed by atoms with Crippen molar-refractivity contribution in [3.05, 3.63) is 29.8 Å². The summed E-state index contributed by atoms with van der Waals surface area (Å²) in [6.45, 7) is 0.453. The summed E-state index contributed by atoms with van der Waals surface area (Å²) in [5.74, 6) is -1.12. The monoisotopic (exact) mass is 320 g/mol. The molecule has 0 heterocycles. The Bertz CT molecular complexity index is 546. The predicted molar refractivity (Wildman–Crippen MR) is 88.7 cm³/mol. The zero-order chi connectivity index (χ0) is 17.1. The molecule has 0 radical (unpaired) electrons. The van der Waals surface area contributed by atoms with Crippen LogP contribution in [0.25, 0.3) is 0 Å². The maximum Gasteiger partial charge on any atom is 0.251 e. The molecule has 7 nitrogen and oxygen atoms in total. The third-order valence-electron chi connectivity index (χ3n) is 3.19. The molecular formula is C16H24N4O3. The van der Waals surface area contributed by atoms with Crippen LogP contribution in [0.15, 0.2) is 24.3 Å². The van der Waals surface area contributed by atoms with Crippen LogP contribution in [0.1, 0.15) is 42.5 Å². The van der Waals surface area contributed by atoms with Gasteiger partial charge in [-0.2, -0.15) is 0 Å². The minimum Gasteiger partial charge on any atom is -0.368 e. The Balaban J connectivity index is 2.45. The van der Waals surface area contributed by atoms with Crippen molar-refractivity contribution >= 4 is 23.4 Å². The average Bonchev–Trinajstić information content (AvgIpc) is 2.52. The number of amides is 3. The van der Waals surface area contributed by atoms with Crippen LogP contribution in [-0.4, -0.2) is 30.8 Å². The molecule has 0 aliphatic heterocycles. The second kappa shape index (κ2) is 10.3. The summed E-state index contributed by atoms with van der Waals surface area (Å²) in [4.78, 5) is 34.3. The molecule has 0 fully saturated rings. The van der Waals surface area contributed by atoms with Gasteiger partial charge < -0.3 is 22.1 Å². The van der Waals surface area contributed by atoms with Crippen LogP contribution in [0.3, 0.4) is 0 Å². The number of carbonyl (C=O) groups is 3. The zero-order valence-corrected chi connectivity index (χ0v) is 13.1. The van der Waals surface area contributed by atoms with E-state index < -0.39 is 11.8 Å². The number of hydrogen-bond donors (Lipinski definition) is 4. The van der Waals surface area contributed by atoms with E-state index in [1.165, 1.54) is 0 Å². The normalized spacial score (nSPS) is 10.1. The second-order valence-electron chi connectivity index (χ2n) is 5.23. The van der Waals surface area contributed by atoms with E-state index in [9.17, 15) is 14.4 Å². The first kappa shape index (κ1) is 18.6. The molecule has 0 aromatic heterocycles. The maximum atomic E-state index is 11.8. The van der Waals surface area contributed by atoms with Gasteiger partial charge in [-0.25, -0.2) is 0 Å². The van der Waals surface area contributed by atoms with Gasteiger partial charge in [0.2, 0.25) is 11.8 Å². The van der Waals surface area contributed by atoms with Crippen LogP contribution < -0.4 is 22.1 Å². The van der Waals surface area contributed by atoms with E-state index >= 15 is 0 Å². The van der Waals surface area contributed by atoms with E-state index in [-0.39, 0.29) is 12.5 Å². The Morgan fingerprint density at radius 2 is 1.78 bits per heavy atom. The van der Waals surface area contributed by atoms with Gasteiger partial charge in [-0.15, -0.1) is 0 Å². The molecule has 0 atom stereocenters. The van der Waals surface area contributed by atoms with Crippen LogP contribution in [0.4, 0.5) is 5.69 Å². The lowest BCUT2D eigenvalue weighted by atomic mass is 10.1. The largest absolute Gasteiger partial charge is 0.368 e. The lowest BCUT2D eigenvalue weighted by molar-refractivity contribution is -0.117. The van der Waals surface area contributed by atoms with E-state index in [1.807, 2.05) is 0 Å². The first-order valence-corrected chi connectivity index (χ1v) is 7.69. The summed E-state index contributed by atoms with van der Waals surface area (Å²) >= 11 is 0. The van der Waals surface area contributed by atoms with Gasteiger partial charge in [-0.05, 0) is 37.6 Å². The molecule has 1 aromatic carbocycles. The first-order chi connectivity index (χ1) is 11.0. The summed E-state index contributed by atoms with van der Waals surface area (Å²) in [5.41, 5.74) is 11.3. The Morgan fingerprint density at radius 3 is 2.48 bits per heavy atom. The summed E-state index contributed by atoms with van der Waals surface area (Å²) in [6, 6.07) is 6.52. The zero-order valence-electron chi connectivity index (χ0n) is 13.1. The molecular weight excluding hydrogens is 296 g/mol. The van der Waals surface area contributed by atoms with Gasteiger partial charge >= 0.3 is 0 Å². The number of hydrogen-bond acceptors (Lipinski definition) is 4. The van der Waals surface area contributed by atoms with Crippen LogP contribution in [0, 0.1) is 0 Å². The molecule has 0 aliphatic carbocycles. The lowest BCUT2D eigenvalue weighted by Gasteiger charge is -2.08. The molecule has 7 heteroatoms. The van der Waals surface area contributed by atoms with Crippen LogP contribution in [-0.2, 0) is 9.59 Å². The second-order valence-corrected chi connectivity index (χ2v) is 5.23. The van der Waals surface area contributed by atoms with Gasteiger partial charge in [0.25, 0.3) is 5.91 Å². The van der Waals surface area contributed by atoms with Gasteiger partial charge in [0, 0.05) is 17.7 Å². The quantitative estimate of drug-likeness (QED) is 0.474. The van der Waals surface area contributed by atoms with Crippen molar-refractivity contribution in [1.29, 1.82) is 0 Å². The minimum absolute atomic E-state index is 0.0903. The van der Waals surface area contributed by atoms with Crippen LogP contribution in [0.5, 0.6) is 0 Å². The molecule has 0 saturated carbocycles. The van der Waals surface area contributed by atoms with Gasteiger partial charge in [-0.3, -0.25) is 14.4 Å². The number of nitrogens with two attached hydrogens (primary N) is 2. The molecule has 23 heavy (non-hydrogen) atoms. The molecule has 6 N–H and O–H groups in total. The van der Waals surface area contributed by atoms with Crippen molar-refractivity contribution in [3.8, 4) is 0 Å². The van der Waals surface area contributed by atoms with Crippen molar-refractivity contribution in [2.45, 2.75) is 32.1 Å². The van der Waals surface area contributed by atoms with E-state index in [1.54, 1.807) is 24.3 Å². The van der Waals surface area contributed by atoms with Crippen molar-refractivity contribution in [3.63, 3.8) is 0 Å². The third kappa shape index (κ3) is 7.96. The van der Waals surface area contributed by atoms with E-state index in [0.29, 0.717) is 24.2 Å². The highest BCUT2D eigenvalue weighted by Gasteiger charge is 2.08. The Kier molecular flexibility index (Phi) is 8.38. The van der Waals surface area contributed by atoms with Crippen LogP contribution >= 0.6 is 0 Å². The summed E-state index contributed by atoms with van der Waals surface area (Å²) in [5, 5.41) is 5.15. The van der Waals surface area contributed by atoms with Gasteiger partial charge in [0.15, 0.2) is 0 Å². The number of primary amides is 1. The standard InChI is InChI=1S/C16H24N4O3/c17-9-4-2-1-3-8-15(22)20-13-7-5-6-12(10-13)16(23)19-11-14(18)21/h5-7,10H,1-4,8-9,11,17H2,(H2,18,21)(H,19,23)(H,20,22). The summed E-state index contributed by atoms with van der Waals surface area (Å²) in [6.07, 6.45) is 4.22. The highest BCUT2D eigenvalue weighted by Crippen LogP contribution is 2.12. The van der Waals surface area contributed by atoms with Gasteiger partial charge in [0.1, 0.15) is 0 Å². The van der Waals surface area contributed by atoms with Crippen molar-refractivity contribution in [1.82, 2.24) is 5.32 Å². The van der Waals surface area contributed by atoms with E-state index in [2.05, 4.69) is 10.6 Å². The summed E-state index contributed by atoms with van der Waals surface area (Å²) < 4.78 is 0. The Hall–Kier alpha value is -2.41. The lowest BCUT2D eigenvalue weighted by Crippen LogP contribution is -2.33. The maximum absolute atomic E-state index is 11.8.